The van der Waals surface area contributed by atoms with Crippen molar-refractivity contribution in [1.82, 2.24) is 14.8 Å². The number of rotatable bonds is 6. The monoisotopic (exact) mass is 297 g/mol. The molecule has 0 bridgehead atoms. The highest BCUT2D eigenvalue weighted by atomic mass is 32.2. The van der Waals surface area contributed by atoms with E-state index in [9.17, 15) is 4.79 Å². The summed E-state index contributed by atoms with van der Waals surface area (Å²) in [5, 5.41) is 11.2. The van der Waals surface area contributed by atoms with Gasteiger partial charge >= 0.3 is 5.97 Å². The zero-order valence-electron chi connectivity index (χ0n) is 10.8. The summed E-state index contributed by atoms with van der Waals surface area (Å²) in [5.41, 5.74) is 0. The number of methoxy groups -OCH3 is 1. The molecule has 0 aliphatic heterocycles. The quantitative estimate of drug-likeness (QED) is 0.604. The van der Waals surface area contributed by atoms with E-state index in [0.29, 0.717) is 12.2 Å². The van der Waals surface area contributed by atoms with Crippen LogP contribution in [-0.2, 0) is 23.0 Å². The molecule has 0 aliphatic carbocycles. The Balaban J connectivity index is 1.92. The molecule has 0 spiro atoms. The highest BCUT2D eigenvalue weighted by Gasteiger charge is 2.11. The fourth-order valence-corrected chi connectivity index (χ4v) is 3.07. The van der Waals surface area contributed by atoms with Crippen LogP contribution in [0.2, 0.25) is 0 Å². The molecule has 102 valence electrons. The third-order valence-corrected chi connectivity index (χ3v) is 4.50. The van der Waals surface area contributed by atoms with Crippen LogP contribution in [0.15, 0.2) is 22.7 Å². The summed E-state index contributed by atoms with van der Waals surface area (Å²) in [7, 11) is 3.35. The average Bonchev–Trinajstić information content (AvgIpc) is 3.03. The van der Waals surface area contributed by atoms with Crippen LogP contribution < -0.4 is 0 Å². The van der Waals surface area contributed by atoms with Gasteiger partial charge in [0.25, 0.3) is 0 Å². The van der Waals surface area contributed by atoms with E-state index >= 15 is 0 Å². The van der Waals surface area contributed by atoms with Gasteiger partial charge in [0.15, 0.2) is 5.16 Å². The van der Waals surface area contributed by atoms with Crippen LogP contribution in [-0.4, -0.2) is 33.6 Å². The van der Waals surface area contributed by atoms with Crippen molar-refractivity contribution in [3.8, 4) is 0 Å². The predicted molar refractivity (Wildman–Crippen MR) is 75.5 cm³/mol. The Labute approximate surface area is 120 Å². The Morgan fingerprint density at radius 2 is 2.37 bits per heavy atom. The second-order valence-electron chi connectivity index (χ2n) is 3.89. The molecule has 0 aliphatic rings. The summed E-state index contributed by atoms with van der Waals surface area (Å²) >= 11 is 3.23. The molecule has 7 heteroatoms. The number of thiophene rings is 1. The van der Waals surface area contributed by atoms with Crippen molar-refractivity contribution in [2.24, 2.45) is 7.05 Å². The first kappa shape index (κ1) is 14.1. The van der Waals surface area contributed by atoms with Crippen molar-refractivity contribution < 1.29 is 9.53 Å². The lowest BCUT2D eigenvalue weighted by Crippen LogP contribution is -2.03. The molecule has 0 fully saturated rings. The van der Waals surface area contributed by atoms with Crippen LogP contribution in [0, 0.1) is 0 Å². The zero-order chi connectivity index (χ0) is 13.7. The predicted octanol–water partition coefficient (Wildman–Crippen LogP) is 2.12. The van der Waals surface area contributed by atoms with E-state index in [2.05, 4.69) is 26.4 Å². The van der Waals surface area contributed by atoms with Gasteiger partial charge in [-0.3, -0.25) is 4.79 Å². The Kier molecular flexibility index (Phi) is 4.98. The molecule has 2 heterocycles. The molecule has 19 heavy (non-hydrogen) atoms. The molecule has 0 saturated heterocycles. The first-order valence-corrected chi connectivity index (χ1v) is 7.67. The van der Waals surface area contributed by atoms with E-state index in [1.807, 2.05) is 17.7 Å². The molecular weight excluding hydrogens is 282 g/mol. The molecule has 0 radical (unpaired) electrons. The number of carbonyl (C=O) groups excluding carboxylic acids is 1. The third kappa shape index (κ3) is 3.81. The van der Waals surface area contributed by atoms with Gasteiger partial charge in [-0.1, -0.05) is 17.8 Å². The number of hydrogen-bond acceptors (Lipinski definition) is 6. The average molecular weight is 297 g/mol. The molecular formula is C12H15N3O2S2. The van der Waals surface area contributed by atoms with E-state index in [4.69, 9.17) is 0 Å². The molecule has 0 N–H and O–H groups in total. The fourth-order valence-electron chi connectivity index (χ4n) is 1.52. The Hall–Kier alpha value is -1.34. The second kappa shape index (κ2) is 6.72. The standard InChI is InChI=1S/C12H15N3O2S2/c1-15-10(8-9-4-3-6-18-9)13-14-12(15)19-7-5-11(16)17-2/h3-4,6H,5,7-8H2,1-2H3. The zero-order valence-corrected chi connectivity index (χ0v) is 12.5. The van der Waals surface area contributed by atoms with Crippen molar-refractivity contribution in [2.75, 3.05) is 12.9 Å². The lowest BCUT2D eigenvalue weighted by atomic mass is 10.3. The maximum atomic E-state index is 11.0. The number of nitrogens with zero attached hydrogens (tertiary/aromatic N) is 3. The molecule has 0 unspecified atom stereocenters. The van der Waals surface area contributed by atoms with Crippen LogP contribution in [0.25, 0.3) is 0 Å². The van der Waals surface area contributed by atoms with Crippen LogP contribution in [0.3, 0.4) is 0 Å². The highest BCUT2D eigenvalue weighted by molar-refractivity contribution is 7.99. The van der Waals surface area contributed by atoms with E-state index < -0.39 is 0 Å². The van der Waals surface area contributed by atoms with Crippen LogP contribution in [0.5, 0.6) is 0 Å². The van der Waals surface area contributed by atoms with Gasteiger partial charge in [0, 0.05) is 24.1 Å². The maximum absolute atomic E-state index is 11.0. The number of aromatic nitrogens is 3. The number of hydrogen-bond donors (Lipinski definition) is 0. The van der Waals surface area contributed by atoms with Crippen molar-refractivity contribution in [1.29, 1.82) is 0 Å². The molecule has 2 aromatic rings. The molecule has 0 amide bonds. The topological polar surface area (TPSA) is 57.0 Å². The number of ether oxygens (including phenoxy) is 1. The second-order valence-corrected chi connectivity index (χ2v) is 5.98. The first-order chi connectivity index (χ1) is 9.20. The molecule has 5 nitrogen and oxygen atoms in total. The number of esters is 1. The molecule has 2 aromatic heterocycles. The summed E-state index contributed by atoms with van der Waals surface area (Å²) in [4.78, 5) is 12.3. The minimum Gasteiger partial charge on any atom is -0.469 e. The van der Waals surface area contributed by atoms with Crippen molar-refractivity contribution in [3.05, 3.63) is 28.2 Å². The van der Waals surface area contributed by atoms with Gasteiger partial charge in [-0.05, 0) is 11.4 Å². The summed E-state index contributed by atoms with van der Waals surface area (Å²) in [6.45, 7) is 0. The summed E-state index contributed by atoms with van der Waals surface area (Å²) in [5.74, 6) is 1.38. The lowest BCUT2D eigenvalue weighted by molar-refractivity contribution is -0.140. The Morgan fingerprint density at radius 3 is 3.05 bits per heavy atom. The van der Waals surface area contributed by atoms with Crippen molar-refractivity contribution >= 4 is 29.1 Å². The van der Waals surface area contributed by atoms with E-state index in [1.165, 1.54) is 23.7 Å². The summed E-state index contributed by atoms with van der Waals surface area (Å²) in [6, 6.07) is 4.12. The highest BCUT2D eigenvalue weighted by Crippen LogP contribution is 2.19. The number of carbonyl (C=O) groups is 1. The lowest BCUT2D eigenvalue weighted by Gasteiger charge is -2.02. The number of thioether (sulfide) groups is 1. The Bertz CT molecular complexity index is 537. The van der Waals surface area contributed by atoms with Gasteiger partial charge in [-0.15, -0.1) is 21.5 Å². The van der Waals surface area contributed by atoms with Crippen LogP contribution in [0.1, 0.15) is 17.1 Å². The van der Waals surface area contributed by atoms with Gasteiger partial charge in [-0.2, -0.15) is 0 Å². The van der Waals surface area contributed by atoms with Crippen molar-refractivity contribution in [2.45, 2.75) is 18.0 Å². The largest absolute Gasteiger partial charge is 0.469 e. The minimum atomic E-state index is -0.200. The molecule has 0 saturated carbocycles. The maximum Gasteiger partial charge on any atom is 0.306 e. The third-order valence-electron chi connectivity index (χ3n) is 2.60. The normalized spacial score (nSPS) is 10.6. The van der Waals surface area contributed by atoms with Crippen LogP contribution >= 0.6 is 23.1 Å². The van der Waals surface area contributed by atoms with E-state index in [-0.39, 0.29) is 5.97 Å². The summed E-state index contributed by atoms with van der Waals surface area (Å²) in [6.07, 6.45) is 1.17. The van der Waals surface area contributed by atoms with E-state index in [0.717, 1.165) is 17.4 Å². The molecule has 0 atom stereocenters. The van der Waals surface area contributed by atoms with Gasteiger partial charge in [0.2, 0.25) is 0 Å². The summed E-state index contributed by atoms with van der Waals surface area (Å²) < 4.78 is 6.57. The smallest absolute Gasteiger partial charge is 0.306 e. The first-order valence-electron chi connectivity index (χ1n) is 5.81. The van der Waals surface area contributed by atoms with Gasteiger partial charge in [-0.25, -0.2) is 0 Å². The van der Waals surface area contributed by atoms with Gasteiger partial charge in [0.05, 0.1) is 13.5 Å². The molecule has 0 aromatic carbocycles. The van der Waals surface area contributed by atoms with E-state index in [1.54, 1.807) is 11.3 Å². The van der Waals surface area contributed by atoms with Gasteiger partial charge in [0.1, 0.15) is 5.82 Å². The Morgan fingerprint density at radius 1 is 1.53 bits per heavy atom. The fraction of sp³-hybridized carbons (Fsp3) is 0.417. The van der Waals surface area contributed by atoms with Gasteiger partial charge < -0.3 is 9.30 Å². The van der Waals surface area contributed by atoms with Crippen LogP contribution in [0.4, 0.5) is 0 Å². The van der Waals surface area contributed by atoms with Crippen molar-refractivity contribution in [3.63, 3.8) is 0 Å². The minimum absolute atomic E-state index is 0.200. The SMILES string of the molecule is COC(=O)CCSc1nnc(Cc2cccs2)n1C. The molecule has 2 rings (SSSR count).